The molecule has 0 radical (unpaired) electrons. The summed E-state index contributed by atoms with van der Waals surface area (Å²) in [6.45, 7) is 0.310. The van der Waals surface area contributed by atoms with Crippen molar-refractivity contribution in [3.05, 3.63) is 18.3 Å². The van der Waals surface area contributed by atoms with Crippen molar-refractivity contribution >= 4 is 6.47 Å². The Morgan fingerprint density at radius 2 is 2.56 bits per heavy atom. The van der Waals surface area contributed by atoms with Gasteiger partial charge in [-0.1, -0.05) is 0 Å². The summed E-state index contributed by atoms with van der Waals surface area (Å²) in [5, 5.41) is 6.93. The smallest absolute Gasteiger partial charge is 0.299 e. The van der Waals surface area contributed by atoms with Crippen molar-refractivity contribution in [3.63, 3.8) is 0 Å². The molecule has 1 heterocycles. The molecule has 0 amide bonds. The summed E-state index contributed by atoms with van der Waals surface area (Å²) < 4.78 is 4.35. The number of carbonyl (C=O) groups is 1. The van der Waals surface area contributed by atoms with Gasteiger partial charge in [-0.25, -0.2) is 0 Å². The maximum absolute atomic E-state index is 9.68. The molecule has 0 unspecified atom stereocenters. The van der Waals surface area contributed by atoms with E-state index < -0.39 is 0 Å². The minimum atomic E-state index is 0.215. The van der Waals surface area contributed by atoms with Crippen LogP contribution in [0.4, 0.5) is 0 Å². The van der Waals surface area contributed by atoms with Gasteiger partial charge in [0.05, 0.1) is 0 Å². The average Bonchev–Trinajstić information content (AvgIpc) is 1.91. The minimum Gasteiger partial charge on any atom is -0.408 e. The van der Waals surface area contributed by atoms with Gasteiger partial charge in [0.25, 0.3) is 6.47 Å². The lowest BCUT2D eigenvalue weighted by atomic mass is 10.6. The van der Waals surface area contributed by atoms with E-state index in [-0.39, 0.29) is 5.88 Å². The van der Waals surface area contributed by atoms with E-state index >= 15 is 0 Å². The molecule has 4 nitrogen and oxygen atoms in total. The summed E-state index contributed by atoms with van der Waals surface area (Å²) >= 11 is 0. The lowest BCUT2D eigenvalue weighted by molar-refractivity contribution is -0.121. The van der Waals surface area contributed by atoms with Crippen molar-refractivity contribution in [1.29, 1.82) is 0 Å². The van der Waals surface area contributed by atoms with E-state index in [0.29, 0.717) is 6.47 Å². The van der Waals surface area contributed by atoms with Gasteiger partial charge in [-0.05, 0) is 6.07 Å². The molecular formula is C5H4N2O2. The van der Waals surface area contributed by atoms with Crippen LogP contribution in [-0.4, -0.2) is 16.7 Å². The van der Waals surface area contributed by atoms with Gasteiger partial charge < -0.3 is 4.74 Å². The number of hydrogen-bond acceptors (Lipinski definition) is 4. The summed E-state index contributed by atoms with van der Waals surface area (Å²) in [6, 6.07) is 3.17. The Kier molecular flexibility index (Phi) is 1.74. The third kappa shape index (κ3) is 1.49. The van der Waals surface area contributed by atoms with Gasteiger partial charge in [-0.15, -0.1) is 5.10 Å². The molecule has 0 aliphatic carbocycles. The van der Waals surface area contributed by atoms with Crippen LogP contribution in [-0.2, 0) is 4.79 Å². The first-order valence-electron chi connectivity index (χ1n) is 2.31. The standard InChI is InChI=1S/C5H4N2O2/c8-4-9-5-2-1-3-6-7-5/h1-4H. The number of nitrogens with zero attached hydrogens (tertiary/aromatic N) is 2. The van der Waals surface area contributed by atoms with Crippen LogP contribution in [0.25, 0.3) is 0 Å². The highest BCUT2D eigenvalue weighted by molar-refractivity contribution is 5.42. The van der Waals surface area contributed by atoms with Crippen LogP contribution in [0.2, 0.25) is 0 Å². The van der Waals surface area contributed by atoms with Gasteiger partial charge >= 0.3 is 0 Å². The second-order valence-corrected chi connectivity index (χ2v) is 1.28. The summed E-state index contributed by atoms with van der Waals surface area (Å²) in [5.41, 5.74) is 0. The molecule has 0 N–H and O–H groups in total. The quantitative estimate of drug-likeness (QED) is 0.521. The third-order valence-electron chi connectivity index (χ3n) is 0.717. The zero-order valence-electron chi connectivity index (χ0n) is 4.52. The molecule has 0 aliphatic heterocycles. The van der Waals surface area contributed by atoms with Crippen LogP contribution in [0.3, 0.4) is 0 Å². The van der Waals surface area contributed by atoms with Crippen molar-refractivity contribution in [1.82, 2.24) is 10.2 Å². The molecule has 0 spiro atoms. The predicted molar refractivity (Wildman–Crippen MR) is 28.7 cm³/mol. The fourth-order valence-electron chi connectivity index (χ4n) is 0.400. The molecule has 9 heavy (non-hydrogen) atoms. The first kappa shape index (κ1) is 5.68. The largest absolute Gasteiger partial charge is 0.408 e. The topological polar surface area (TPSA) is 52.1 Å². The SMILES string of the molecule is O=COc1cccnn1. The van der Waals surface area contributed by atoms with Crippen molar-refractivity contribution in [2.75, 3.05) is 0 Å². The highest BCUT2D eigenvalue weighted by Crippen LogP contribution is 1.97. The molecule has 0 saturated heterocycles. The van der Waals surface area contributed by atoms with Gasteiger partial charge in [0.2, 0.25) is 5.88 Å². The van der Waals surface area contributed by atoms with E-state index in [2.05, 4.69) is 14.9 Å². The summed E-state index contributed by atoms with van der Waals surface area (Å²) in [6.07, 6.45) is 1.50. The molecular weight excluding hydrogens is 120 g/mol. The van der Waals surface area contributed by atoms with E-state index in [0.717, 1.165) is 0 Å². The second kappa shape index (κ2) is 2.76. The van der Waals surface area contributed by atoms with Crippen LogP contribution >= 0.6 is 0 Å². The molecule has 0 fully saturated rings. The lowest BCUT2D eigenvalue weighted by Crippen LogP contribution is -1.91. The summed E-state index contributed by atoms with van der Waals surface area (Å²) in [4.78, 5) is 9.68. The van der Waals surface area contributed by atoms with Gasteiger partial charge in [0, 0.05) is 12.3 Å². The van der Waals surface area contributed by atoms with Crippen molar-refractivity contribution in [3.8, 4) is 5.88 Å². The van der Waals surface area contributed by atoms with Crippen LogP contribution in [0.15, 0.2) is 18.3 Å². The zero-order chi connectivity index (χ0) is 6.53. The highest BCUT2D eigenvalue weighted by atomic mass is 16.5. The number of carbonyl (C=O) groups excluding carboxylic acids is 1. The van der Waals surface area contributed by atoms with Crippen molar-refractivity contribution in [2.24, 2.45) is 0 Å². The number of rotatable bonds is 2. The predicted octanol–water partition coefficient (Wildman–Crippen LogP) is 0.0118. The maximum Gasteiger partial charge on any atom is 0.299 e. The molecule has 1 aromatic heterocycles. The fourth-order valence-corrected chi connectivity index (χ4v) is 0.400. The van der Waals surface area contributed by atoms with Gasteiger partial charge in [-0.3, -0.25) is 4.79 Å². The number of aromatic nitrogens is 2. The number of ether oxygens (including phenoxy) is 1. The van der Waals surface area contributed by atoms with Gasteiger partial charge in [-0.2, -0.15) is 5.10 Å². The molecule has 0 atom stereocenters. The number of hydrogen-bond donors (Lipinski definition) is 0. The maximum atomic E-state index is 9.68. The highest BCUT2D eigenvalue weighted by Gasteiger charge is 1.87. The average molecular weight is 124 g/mol. The molecule has 0 bridgehead atoms. The summed E-state index contributed by atoms with van der Waals surface area (Å²) in [5.74, 6) is 0.215. The summed E-state index contributed by atoms with van der Waals surface area (Å²) in [7, 11) is 0. The van der Waals surface area contributed by atoms with E-state index in [1.54, 1.807) is 12.1 Å². The van der Waals surface area contributed by atoms with Crippen LogP contribution in [0.1, 0.15) is 0 Å². The molecule has 0 aromatic carbocycles. The van der Waals surface area contributed by atoms with Crippen molar-refractivity contribution in [2.45, 2.75) is 0 Å². The first-order chi connectivity index (χ1) is 4.43. The Hall–Kier alpha value is -1.45. The van der Waals surface area contributed by atoms with Crippen LogP contribution in [0, 0.1) is 0 Å². The third-order valence-corrected chi connectivity index (χ3v) is 0.717. The Bertz CT molecular complexity index is 187. The Labute approximate surface area is 51.5 Å². The molecule has 1 aromatic rings. The van der Waals surface area contributed by atoms with Crippen LogP contribution < -0.4 is 4.74 Å². The Morgan fingerprint density at radius 3 is 3.11 bits per heavy atom. The Balaban J connectivity index is 2.72. The first-order valence-corrected chi connectivity index (χ1v) is 2.31. The van der Waals surface area contributed by atoms with E-state index in [1.165, 1.54) is 6.20 Å². The Morgan fingerprint density at radius 1 is 1.67 bits per heavy atom. The molecule has 4 heteroatoms. The monoisotopic (exact) mass is 124 g/mol. The minimum absolute atomic E-state index is 0.215. The van der Waals surface area contributed by atoms with E-state index in [9.17, 15) is 4.79 Å². The zero-order valence-corrected chi connectivity index (χ0v) is 4.52. The van der Waals surface area contributed by atoms with Gasteiger partial charge in [0.15, 0.2) is 0 Å². The molecule has 0 saturated carbocycles. The molecule has 46 valence electrons. The second-order valence-electron chi connectivity index (χ2n) is 1.28. The van der Waals surface area contributed by atoms with Gasteiger partial charge in [0.1, 0.15) is 0 Å². The molecule has 0 aliphatic rings. The normalized spacial score (nSPS) is 8.44. The van der Waals surface area contributed by atoms with E-state index in [1.807, 2.05) is 0 Å². The lowest BCUT2D eigenvalue weighted by Gasteiger charge is -1.89. The van der Waals surface area contributed by atoms with Crippen molar-refractivity contribution < 1.29 is 9.53 Å². The molecule has 1 rings (SSSR count). The van der Waals surface area contributed by atoms with Crippen LogP contribution in [0.5, 0.6) is 5.88 Å². The van der Waals surface area contributed by atoms with E-state index in [4.69, 9.17) is 0 Å². The fraction of sp³-hybridized carbons (Fsp3) is 0.